The SMILES string of the molecule is COc1ccc(NC(=O)c2ccccc2O)cc1Br. The summed E-state index contributed by atoms with van der Waals surface area (Å²) >= 11 is 3.34. The molecule has 0 atom stereocenters. The molecule has 2 aromatic carbocycles. The van der Waals surface area contributed by atoms with E-state index in [9.17, 15) is 9.90 Å². The average molecular weight is 322 g/mol. The number of aromatic hydroxyl groups is 1. The molecule has 0 fully saturated rings. The van der Waals surface area contributed by atoms with Gasteiger partial charge in [0, 0.05) is 5.69 Å². The monoisotopic (exact) mass is 321 g/mol. The molecule has 0 radical (unpaired) electrons. The molecular weight excluding hydrogens is 310 g/mol. The highest BCUT2D eigenvalue weighted by atomic mass is 79.9. The zero-order valence-corrected chi connectivity index (χ0v) is 11.8. The Morgan fingerprint density at radius 3 is 2.63 bits per heavy atom. The van der Waals surface area contributed by atoms with Crippen LogP contribution in [0.2, 0.25) is 0 Å². The molecule has 2 rings (SSSR count). The van der Waals surface area contributed by atoms with Crippen LogP contribution in [-0.4, -0.2) is 18.1 Å². The maximum absolute atomic E-state index is 12.0. The molecule has 1 amide bonds. The number of ether oxygens (including phenoxy) is 1. The minimum atomic E-state index is -0.366. The molecule has 0 aliphatic heterocycles. The molecule has 0 bridgehead atoms. The van der Waals surface area contributed by atoms with Crippen LogP contribution in [-0.2, 0) is 0 Å². The van der Waals surface area contributed by atoms with Gasteiger partial charge in [-0.2, -0.15) is 0 Å². The van der Waals surface area contributed by atoms with E-state index in [0.29, 0.717) is 11.4 Å². The molecule has 0 saturated carbocycles. The van der Waals surface area contributed by atoms with E-state index in [1.54, 1.807) is 43.5 Å². The first kappa shape index (κ1) is 13.4. The van der Waals surface area contributed by atoms with Crippen LogP contribution in [0.1, 0.15) is 10.4 Å². The number of hydrogen-bond acceptors (Lipinski definition) is 3. The number of halogens is 1. The predicted molar refractivity (Wildman–Crippen MR) is 76.8 cm³/mol. The number of carbonyl (C=O) groups excluding carboxylic acids is 1. The summed E-state index contributed by atoms with van der Waals surface area (Å²) in [6.45, 7) is 0. The molecule has 5 heteroatoms. The van der Waals surface area contributed by atoms with E-state index in [-0.39, 0.29) is 17.2 Å². The molecule has 98 valence electrons. The Kier molecular flexibility index (Phi) is 4.06. The van der Waals surface area contributed by atoms with Gasteiger partial charge < -0.3 is 15.2 Å². The van der Waals surface area contributed by atoms with Crippen molar-refractivity contribution in [3.63, 3.8) is 0 Å². The van der Waals surface area contributed by atoms with Gasteiger partial charge >= 0.3 is 0 Å². The Morgan fingerprint density at radius 2 is 2.00 bits per heavy atom. The van der Waals surface area contributed by atoms with Crippen LogP contribution in [0.3, 0.4) is 0 Å². The molecule has 0 aliphatic rings. The first-order valence-electron chi connectivity index (χ1n) is 5.54. The number of benzene rings is 2. The third-order valence-electron chi connectivity index (χ3n) is 2.56. The third kappa shape index (κ3) is 3.06. The van der Waals surface area contributed by atoms with Crippen molar-refractivity contribution in [1.29, 1.82) is 0 Å². The maximum atomic E-state index is 12.0. The van der Waals surface area contributed by atoms with Gasteiger partial charge in [0.25, 0.3) is 5.91 Å². The van der Waals surface area contributed by atoms with Crippen molar-refractivity contribution >= 4 is 27.5 Å². The summed E-state index contributed by atoms with van der Waals surface area (Å²) in [7, 11) is 1.57. The zero-order valence-electron chi connectivity index (χ0n) is 10.2. The molecule has 0 aliphatic carbocycles. The van der Waals surface area contributed by atoms with Crippen molar-refractivity contribution in [2.24, 2.45) is 0 Å². The molecule has 19 heavy (non-hydrogen) atoms. The molecule has 0 heterocycles. The number of hydrogen-bond donors (Lipinski definition) is 2. The summed E-state index contributed by atoms with van der Waals surface area (Å²) in [6.07, 6.45) is 0. The maximum Gasteiger partial charge on any atom is 0.259 e. The zero-order chi connectivity index (χ0) is 13.8. The molecule has 2 N–H and O–H groups in total. The smallest absolute Gasteiger partial charge is 0.259 e. The summed E-state index contributed by atoms with van der Waals surface area (Å²) < 4.78 is 5.85. The van der Waals surface area contributed by atoms with Gasteiger partial charge in [0.05, 0.1) is 17.1 Å². The number of para-hydroxylation sites is 1. The van der Waals surface area contributed by atoms with Crippen LogP contribution < -0.4 is 10.1 Å². The standard InChI is InChI=1S/C14H12BrNO3/c1-19-13-7-6-9(8-11(13)15)16-14(18)10-4-2-3-5-12(10)17/h2-8,17H,1H3,(H,16,18). The fourth-order valence-corrected chi connectivity index (χ4v) is 2.15. The quantitative estimate of drug-likeness (QED) is 0.910. The Labute approximate surface area is 119 Å². The minimum Gasteiger partial charge on any atom is -0.507 e. The van der Waals surface area contributed by atoms with Gasteiger partial charge in [0.1, 0.15) is 11.5 Å². The van der Waals surface area contributed by atoms with E-state index >= 15 is 0 Å². The number of phenolic OH excluding ortho intramolecular Hbond substituents is 1. The van der Waals surface area contributed by atoms with E-state index in [1.807, 2.05) is 0 Å². The van der Waals surface area contributed by atoms with Gasteiger partial charge in [-0.1, -0.05) is 12.1 Å². The number of anilines is 1. The second-order valence-electron chi connectivity index (χ2n) is 3.82. The average Bonchev–Trinajstić information content (AvgIpc) is 2.39. The first-order valence-corrected chi connectivity index (χ1v) is 6.34. The van der Waals surface area contributed by atoms with E-state index in [1.165, 1.54) is 6.07 Å². The lowest BCUT2D eigenvalue weighted by atomic mass is 10.2. The van der Waals surface area contributed by atoms with Crippen molar-refractivity contribution in [2.75, 3.05) is 12.4 Å². The van der Waals surface area contributed by atoms with Gasteiger partial charge in [-0.15, -0.1) is 0 Å². The molecular formula is C14H12BrNO3. The van der Waals surface area contributed by atoms with Crippen molar-refractivity contribution in [3.05, 3.63) is 52.5 Å². The molecule has 4 nitrogen and oxygen atoms in total. The summed E-state index contributed by atoms with van der Waals surface area (Å²) in [5, 5.41) is 12.3. The van der Waals surface area contributed by atoms with Crippen LogP contribution in [0.25, 0.3) is 0 Å². The van der Waals surface area contributed by atoms with Gasteiger partial charge in [-0.05, 0) is 46.3 Å². The van der Waals surface area contributed by atoms with Gasteiger partial charge in [-0.25, -0.2) is 0 Å². The van der Waals surface area contributed by atoms with Crippen molar-refractivity contribution in [2.45, 2.75) is 0 Å². The van der Waals surface area contributed by atoms with E-state index in [0.717, 1.165) is 4.47 Å². The number of carbonyl (C=O) groups is 1. The van der Waals surface area contributed by atoms with Gasteiger partial charge in [0.15, 0.2) is 0 Å². The van der Waals surface area contributed by atoms with E-state index < -0.39 is 0 Å². The minimum absolute atomic E-state index is 0.0485. The Hall–Kier alpha value is -2.01. The van der Waals surface area contributed by atoms with Crippen LogP contribution in [0.5, 0.6) is 11.5 Å². The predicted octanol–water partition coefficient (Wildman–Crippen LogP) is 3.42. The molecule has 2 aromatic rings. The second kappa shape index (κ2) is 5.75. The highest BCUT2D eigenvalue weighted by molar-refractivity contribution is 9.10. The van der Waals surface area contributed by atoms with Crippen LogP contribution in [0, 0.1) is 0 Å². The third-order valence-corrected chi connectivity index (χ3v) is 3.18. The highest BCUT2D eigenvalue weighted by Gasteiger charge is 2.11. The van der Waals surface area contributed by atoms with Gasteiger partial charge in [0.2, 0.25) is 0 Å². The number of nitrogens with one attached hydrogen (secondary N) is 1. The lowest BCUT2D eigenvalue weighted by Gasteiger charge is -2.09. The second-order valence-corrected chi connectivity index (χ2v) is 4.67. The molecule has 0 spiro atoms. The van der Waals surface area contributed by atoms with E-state index in [4.69, 9.17) is 4.74 Å². The number of methoxy groups -OCH3 is 1. The Balaban J connectivity index is 2.20. The van der Waals surface area contributed by atoms with Crippen LogP contribution in [0.15, 0.2) is 46.9 Å². The fourth-order valence-electron chi connectivity index (χ4n) is 1.61. The summed E-state index contributed by atoms with van der Waals surface area (Å²) in [6, 6.07) is 11.6. The largest absolute Gasteiger partial charge is 0.507 e. The van der Waals surface area contributed by atoms with Crippen molar-refractivity contribution < 1.29 is 14.6 Å². The fraction of sp³-hybridized carbons (Fsp3) is 0.0714. The van der Waals surface area contributed by atoms with Gasteiger partial charge in [-0.3, -0.25) is 4.79 Å². The topological polar surface area (TPSA) is 58.6 Å². The Bertz CT molecular complexity index is 613. The summed E-state index contributed by atoms with van der Waals surface area (Å²) in [4.78, 5) is 12.0. The summed E-state index contributed by atoms with van der Waals surface area (Å²) in [5.74, 6) is 0.267. The molecule has 0 aromatic heterocycles. The lowest BCUT2D eigenvalue weighted by molar-refractivity contribution is 0.102. The van der Waals surface area contributed by atoms with E-state index in [2.05, 4.69) is 21.2 Å². The number of rotatable bonds is 3. The molecule has 0 saturated heterocycles. The summed E-state index contributed by atoms with van der Waals surface area (Å²) in [5.41, 5.74) is 0.843. The normalized spacial score (nSPS) is 10.0. The number of phenols is 1. The molecule has 0 unspecified atom stereocenters. The Morgan fingerprint density at radius 1 is 1.26 bits per heavy atom. The van der Waals surface area contributed by atoms with Crippen LogP contribution >= 0.6 is 15.9 Å². The van der Waals surface area contributed by atoms with Crippen LogP contribution in [0.4, 0.5) is 5.69 Å². The van der Waals surface area contributed by atoms with Crippen molar-refractivity contribution in [1.82, 2.24) is 0 Å². The highest BCUT2D eigenvalue weighted by Crippen LogP contribution is 2.28. The number of amides is 1. The first-order chi connectivity index (χ1) is 9.11. The van der Waals surface area contributed by atoms with Crippen molar-refractivity contribution in [3.8, 4) is 11.5 Å². The lowest BCUT2D eigenvalue weighted by Crippen LogP contribution is -2.11.